The quantitative estimate of drug-likeness (QED) is 0.711. The number of carbonyl (C=O) groups excluding carboxylic acids is 2. The molecule has 0 bridgehead atoms. The molecule has 1 atom stereocenters. The van der Waals surface area contributed by atoms with Gasteiger partial charge in [0.1, 0.15) is 4.90 Å². The van der Waals surface area contributed by atoms with Crippen molar-refractivity contribution in [1.82, 2.24) is 0 Å². The van der Waals surface area contributed by atoms with Crippen molar-refractivity contribution in [2.75, 3.05) is 10.8 Å². The number of hydrogen-bond donors (Lipinski definition) is 0. The van der Waals surface area contributed by atoms with Gasteiger partial charge in [0.2, 0.25) is 0 Å². The molecule has 0 radical (unpaired) electrons. The second-order valence-electron chi connectivity index (χ2n) is 6.26. The van der Waals surface area contributed by atoms with Crippen molar-refractivity contribution in [3.63, 3.8) is 0 Å². The standard InChI is InChI=1S/C19H18ClNO5S/c1-12(22)13(2)26-19(23)15-7-8-16(20)18(11-15)27(24,25)21-10-9-14-5-3-4-6-17(14)21/h3-8,11,13H,9-10H2,1-2H3/t13-/m0/s1. The van der Waals surface area contributed by atoms with Gasteiger partial charge in [-0.05, 0) is 50.1 Å². The highest BCUT2D eigenvalue weighted by Gasteiger charge is 2.32. The molecule has 1 aliphatic rings. The summed E-state index contributed by atoms with van der Waals surface area (Å²) in [5.74, 6) is -1.09. The number of ether oxygens (including phenoxy) is 1. The normalized spacial score (nSPS) is 14.6. The van der Waals surface area contributed by atoms with Crippen LogP contribution in [0.15, 0.2) is 47.4 Å². The zero-order chi connectivity index (χ0) is 19.8. The lowest BCUT2D eigenvalue weighted by Crippen LogP contribution is -2.29. The molecule has 2 aromatic rings. The maximum atomic E-state index is 13.2. The zero-order valence-corrected chi connectivity index (χ0v) is 16.4. The van der Waals surface area contributed by atoms with Gasteiger partial charge in [0.15, 0.2) is 11.9 Å². The molecule has 0 spiro atoms. The lowest BCUT2D eigenvalue weighted by Gasteiger charge is -2.20. The predicted molar refractivity (Wildman–Crippen MR) is 102 cm³/mol. The van der Waals surface area contributed by atoms with Crippen LogP contribution in [0.3, 0.4) is 0 Å². The van der Waals surface area contributed by atoms with Gasteiger partial charge in [-0.3, -0.25) is 9.10 Å². The zero-order valence-electron chi connectivity index (χ0n) is 14.8. The third-order valence-corrected chi connectivity index (χ3v) is 6.73. The summed E-state index contributed by atoms with van der Waals surface area (Å²) in [4.78, 5) is 23.3. The summed E-state index contributed by atoms with van der Waals surface area (Å²) in [5, 5.41) is 0.00977. The third-order valence-electron chi connectivity index (χ3n) is 4.44. The van der Waals surface area contributed by atoms with E-state index in [0.717, 1.165) is 5.56 Å². The van der Waals surface area contributed by atoms with E-state index in [1.165, 1.54) is 36.4 Å². The van der Waals surface area contributed by atoms with E-state index < -0.39 is 22.1 Å². The molecule has 0 aromatic heterocycles. The Balaban J connectivity index is 1.97. The molecule has 2 aromatic carbocycles. The molecule has 0 saturated heterocycles. The molecule has 8 heteroatoms. The number of benzene rings is 2. The van der Waals surface area contributed by atoms with Gasteiger partial charge in [0.25, 0.3) is 10.0 Å². The monoisotopic (exact) mass is 407 g/mol. The summed E-state index contributed by atoms with van der Waals surface area (Å²) in [6, 6.07) is 11.1. The van der Waals surface area contributed by atoms with E-state index in [0.29, 0.717) is 18.7 Å². The highest BCUT2D eigenvalue weighted by molar-refractivity contribution is 7.93. The number of fused-ring (bicyclic) bond motifs is 1. The van der Waals surface area contributed by atoms with Crippen LogP contribution in [0.1, 0.15) is 29.8 Å². The fourth-order valence-corrected chi connectivity index (χ4v) is 4.82. The van der Waals surface area contributed by atoms with Gasteiger partial charge in [-0.15, -0.1) is 0 Å². The third kappa shape index (κ3) is 3.70. The number of anilines is 1. The first kappa shape index (κ1) is 19.4. The number of rotatable bonds is 5. The van der Waals surface area contributed by atoms with E-state index in [9.17, 15) is 18.0 Å². The molecule has 6 nitrogen and oxygen atoms in total. The molecule has 0 fully saturated rings. The minimum atomic E-state index is -3.96. The average Bonchev–Trinajstić information content (AvgIpc) is 3.06. The Morgan fingerprint density at radius 2 is 1.89 bits per heavy atom. The lowest BCUT2D eigenvalue weighted by atomic mass is 10.2. The van der Waals surface area contributed by atoms with Gasteiger partial charge in [0.05, 0.1) is 16.3 Å². The highest BCUT2D eigenvalue weighted by Crippen LogP contribution is 2.35. The minimum Gasteiger partial charge on any atom is -0.451 e. The molecule has 142 valence electrons. The van der Waals surface area contributed by atoms with Crippen molar-refractivity contribution in [3.05, 3.63) is 58.6 Å². The molecular weight excluding hydrogens is 390 g/mol. The first-order chi connectivity index (χ1) is 12.7. The average molecular weight is 408 g/mol. The first-order valence-corrected chi connectivity index (χ1v) is 10.1. The van der Waals surface area contributed by atoms with Crippen LogP contribution >= 0.6 is 11.6 Å². The molecule has 0 amide bonds. The van der Waals surface area contributed by atoms with Crippen molar-refractivity contribution in [2.45, 2.75) is 31.3 Å². The SMILES string of the molecule is CC(=O)[C@H](C)OC(=O)c1ccc(Cl)c(S(=O)(=O)N2CCc3ccccc32)c1. The van der Waals surface area contributed by atoms with Gasteiger partial charge in [0, 0.05) is 6.54 Å². The fourth-order valence-electron chi connectivity index (χ4n) is 2.82. The van der Waals surface area contributed by atoms with Crippen LogP contribution in [-0.4, -0.2) is 32.8 Å². The number of para-hydroxylation sites is 1. The number of sulfonamides is 1. The Bertz CT molecular complexity index is 1020. The van der Waals surface area contributed by atoms with Crippen LogP contribution in [0.25, 0.3) is 0 Å². The number of Topliss-reactive ketones (excluding diaryl/α,β-unsaturated/α-hetero) is 1. The molecule has 1 aliphatic heterocycles. The highest BCUT2D eigenvalue weighted by atomic mass is 35.5. The van der Waals surface area contributed by atoms with Crippen molar-refractivity contribution in [3.8, 4) is 0 Å². The second kappa shape index (κ2) is 7.32. The first-order valence-electron chi connectivity index (χ1n) is 8.33. The Kier molecular flexibility index (Phi) is 5.26. The van der Waals surface area contributed by atoms with E-state index in [1.54, 1.807) is 12.1 Å². The summed E-state index contributed by atoms with van der Waals surface area (Å²) >= 11 is 6.14. The predicted octanol–water partition coefficient (Wildman–Crippen LogP) is 3.23. The van der Waals surface area contributed by atoms with Crippen LogP contribution in [0.5, 0.6) is 0 Å². The summed E-state index contributed by atoms with van der Waals surface area (Å²) < 4.78 is 32.7. The maximum Gasteiger partial charge on any atom is 0.338 e. The summed E-state index contributed by atoms with van der Waals surface area (Å²) in [5.41, 5.74) is 1.55. The smallest absolute Gasteiger partial charge is 0.338 e. The summed E-state index contributed by atoms with van der Waals surface area (Å²) in [6.45, 7) is 3.06. The number of esters is 1. The topological polar surface area (TPSA) is 80.8 Å². The molecule has 1 heterocycles. The molecule has 0 unspecified atom stereocenters. The van der Waals surface area contributed by atoms with Crippen LogP contribution in [0.2, 0.25) is 5.02 Å². The van der Waals surface area contributed by atoms with Crippen molar-refractivity contribution in [1.29, 1.82) is 0 Å². The van der Waals surface area contributed by atoms with Gasteiger partial charge in [-0.25, -0.2) is 13.2 Å². The van der Waals surface area contributed by atoms with Crippen molar-refractivity contribution in [2.24, 2.45) is 0 Å². The Labute approximate surface area is 162 Å². The lowest BCUT2D eigenvalue weighted by molar-refractivity contribution is -0.124. The number of nitrogens with zero attached hydrogens (tertiary/aromatic N) is 1. The molecule has 27 heavy (non-hydrogen) atoms. The summed E-state index contributed by atoms with van der Waals surface area (Å²) in [7, 11) is -3.96. The van der Waals surface area contributed by atoms with Crippen LogP contribution in [0.4, 0.5) is 5.69 Å². The van der Waals surface area contributed by atoms with Crippen molar-refractivity contribution >= 4 is 39.1 Å². The van der Waals surface area contributed by atoms with Gasteiger partial charge < -0.3 is 4.74 Å². The number of carbonyl (C=O) groups is 2. The second-order valence-corrected chi connectivity index (χ2v) is 8.50. The maximum absolute atomic E-state index is 13.2. The van der Waals surface area contributed by atoms with Gasteiger partial charge in [-0.1, -0.05) is 29.8 Å². The van der Waals surface area contributed by atoms with Crippen LogP contribution in [0, 0.1) is 0 Å². The van der Waals surface area contributed by atoms with E-state index in [4.69, 9.17) is 16.3 Å². The Hall–Kier alpha value is -2.38. The summed E-state index contributed by atoms with van der Waals surface area (Å²) in [6.07, 6.45) is -0.316. The van der Waals surface area contributed by atoms with E-state index >= 15 is 0 Å². The number of hydrogen-bond acceptors (Lipinski definition) is 5. The van der Waals surface area contributed by atoms with Crippen LogP contribution < -0.4 is 4.31 Å². The number of ketones is 1. The molecule has 0 aliphatic carbocycles. The van der Waals surface area contributed by atoms with E-state index in [2.05, 4.69) is 0 Å². The van der Waals surface area contributed by atoms with Crippen LogP contribution in [-0.2, 0) is 26.0 Å². The Morgan fingerprint density at radius 1 is 1.19 bits per heavy atom. The largest absolute Gasteiger partial charge is 0.451 e. The van der Waals surface area contributed by atoms with Gasteiger partial charge in [-0.2, -0.15) is 0 Å². The molecule has 3 rings (SSSR count). The molecular formula is C19H18ClNO5S. The fraction of sp³-hybridized carbons (Fsp3) is 0.263. The molecule has 0 N–H and O–H groups in total. The molecule has 0 saturated carbocycles. The Morgan fingerprint density at radius 3 is 2.59 bits per heavy atom. The number of halogens is 1. The minimum absolute atomic E-state index is 0.00977. The van der Waals surface area contributed by atoms with Crippen molar-refractivity contribution < 1.29 is 22.7 Å². The van der Waals surface area contributed by atoms with E-state index in [1.807, 2.05) is 12.1 Å². The van der Waals surface area contributed by atoms with Gasteiger partial charge >= 0.3 is 5.97 Å². The van der Waals surface area contributed by atoms with E-state index in [-0.39, 0.29) is 21.3 Å².